The molecule has 1 aromatic heterocycles. The predicted molar refractivity (Wildman–Crippen MR) is 61.8 cm³/mol. The molecule has 0 saturated carbocycles. The number of anilines is 2. The van der Waals surface area contributed by atoms with Crippen LogP contribution < -0.4 is 10.6 Å². The van der Waals surface area contributed by atoms with E-state index in [-0.39, 0.29) is 0 Å². The van der Waals surface area contributed by atoms with Gasteiger partial charge in [-0.25, -0.2) is 4.98 Å². The molecule has 0 radical (unpaired) electrons. The van der Waals surface area contributed by atoms with Crippen molar-refractivity contribution in [2.24, 2.45) is 5.92 Å². The monoisotopic (exact) mass is 213 g/mol. The lowest BCUT2D eigenvalue weighted by atomic mass is 10.2. The molecule has 1 aromatic rings. The number of pyridine rings is 1. The van der Waals surface area contributed by atoms with E-state index in [0.717, 1.165) is 12.4 Å². The van der Waals surface area contributed by atoms with E-state index in [2.05, 4.69) is 18.8 Å². The van der Waals surface area contributed by atoms with Crippen molar-refractivity contribution in [1.82, 2.24) is 4.98 Å². The minimum absolute atomic E-state index is 0.477. The molecular formula is C10H16ClN3. The second-order valence-electron chi connectivity index (χ2n) is 3.82. The summed E-state index contributed by atoms with van der Waals surface area (Å²) in [6.07, 6.45) is 0. The van der Waals surface area contributed by atoms with Crippen molar-refractivity contribution >= 4 is 23.1 Å². The quantitative estimate of drug-likeness (QED) is 0.785. The molecule has 0 aliphatic rings. The molecule has 1 heterocycles. The number of nitrogens with two attached hydrogens (primary N) is 1. The molecule has 2 N–H and O–H groups in total. The van der Waals surface area contributed by atoms with E-state index in [9.17, 15) is 0 Å². The van der Waals surface area contributed by atoms with Crippen LogP contribution in [-0.4, -0.2) is 18.6 Å². The highest BCUT2D eigenvalue weighted by molar-refractivity contribution is 6.29. The molecule has 3 nitrogen and oxygen atoms in total. The van der Waals surface area contributed by atoms with Gasteiger partial charge >= 0.3 is 0 Å². The van der Waals surface area contributed by atoms with Crippen molar-refractivity contribution in [1.29, 1.82) is 0 Å². The fourth-order valence-corrected chi connectivity index (χ4v) is 1.52. The number of hydrogen-bond donors (Lipinski definition) is 1. The van der Waals surface area contributed by atoms with Crippen LogP contribution >= 0.6 is 11.6 Å². The molecule has 1 rings (SSSR count). The molecule has 0 aliphatic heterocycles. The Labute approximate surface area is 89.9 Å². The molecule has 0 spiro atoms. The van der Waals surface area contributed by atoms with Gasteiger partial charge in [-0.15, -0.1) is 0 Å². The summed E-state index contributed by atoms with van der Waals surface area (Å²) in [6.45, 7) is 5.21. The summed E-state index contributed by atoms with van der Waals surface area (Å²) in [5.41, 5.74) is 6.47. The molecule has 14 heavy (non-hydrogen) atoms. The van der Waals surface area contributed by atoms with Gasteiger partial charge in [0.05, 0.1) is 5.69 Å². The van der Waals surface area contributed by atoms with Crippen molar-refractivity contribution in [3.63, 3.8) is 0 Å². The van der Waals surface area contributed by atoms with Gasteiger partial charge < -0.3 is 10.6 Å². The third-order valence-corrected chi connectivity index (χ3v) is 2.08. The summed E-state index contributed by atoms with van der Waals surface area (Å²) in [5, 5.41) is 0.477. The van der Waals surface area contributed by atoms with Crippen LogP contribution in [0.15, 0.2) is 12.1 Å². The predicted octanol–water partition coefficient (Wildman–Crippen LogP) is 2.41. The van der Waals surface area contributed by atoms with Gasteiger partial charge in [0.25, 0.3) is 0 Å². The van der Waals surface area contributed by atoms with Gasteiger partial charge in [-0.2, -0.15) is 0 Å². The molecule has 0 saturated heterocycles. The Bertz CT molecular complexity index is 312. The summed E-state index contributed by atoms with van der Waals surface area (Å²) < 4.78 is 0. The Morgan fingerprint density at radius 1 is 1.50 bits per heavy atom. The van der Waals surface area contributed by atoms with Gasteiger partial charge in [-0.3, -0.25) is 0 Å². The average Bonchev–Trinajstić information content (AvgIpc) is 2.08. The van der Waals surface area contributed by atoms with Gasteiger partial charge in [0.2, 0.25) is 0 Å². The van der Waals surface area contributed by atoms with Crippen LogP contribution in [0.4, 0.5) is 11.5 Å². The van der Waals surface area contributed by atoms with Crippen LogP contribution in [0.5, 0.6) is 0 Å². The lowest BCUT2D eigenvalue weighted by Gasteiger charge is -2.21. The maximum absolute atomic E-state index is 5.80. The summed E-state index contributed by atoms with van der Waals surface area (Å²) >= 11 is 5.80. The third kappa shape index (κ3) is 2.77. The lowest BCUT2D eigenvalue weighted by molar-refractivity contribution is 0.635. The molecule has 4 heteroatoms. The molecule has 0 atom stereocenters. The number of hydrogen-bond acceptors (Lipinski definition) is 3. The smallest absolute Gasteiger partial charge is 0.153 e. The minimum Gasteiger partial charge on any atom is -0.396 e. The zero-order valence-electron chi connectivity index (χ0n) is 8.79. The van der Waals surface area contributed by atoms with Crippen LogP contribution in [0.3, 0.4) is 0 Å². The molecule has 0 aliphatic carbocycles. The molecule has 0 aromatic carbocycles. The Balaban J connectivity index is 2.88. The molecule has 0 fully saturated rings. The summed E-state index contributed by atoms with van der Waals surface area (Å²) in [5.74, 6) is 1.33. The Kier molecular flexibility index (Phi) is 3.58. The first-order chi connectivity index (χ1) is 6.50. The first kappa shape index (κ1) is 11.1. The zero-order chi connectivity index (χ0) is 10.7. The Morgan fingerprint density at radius 3 is 2.71 bits per heavy atom. The first-order valence-corrected chi connectivity index (χ1v) is 5.01. The number of halogens is 1. The van der Waals surface area contributed by atoms with Crippen LogP contribution in [0.25, 0.3) is 0 Å². The molecule has 0 unspecified atom stereocenters. The standard InChI is InChI=1S/C10H16ClN3/c1-7(2)6-14(3)10-8(12)4-5-9(11)13-10/h4-5,7H,6,12H2,1-3H3. The number of aromatic nitrogens is 1. The van der Waals surface area contributed by atoms with E-state index in [1.165, 1.54) is 0 Å². The highest BCUT2D eigenvalue weighted by Crippen LogP contribution is 2.22. The normalized spacial score (nSPS) is 10.6. The van der Waals surface area contributed by atoms with Gasteiger partial charge in [-0.05, 0) is 18.1 Å². The van der Waals surface area contributed by atoms with Crippen LogP contribution in [0.1, 0.15) is 13.8 Å². The number of nitrogen functional groups attached to an aromatic ring is 1. The van der Waals surface area contributed by atoms with E-state index in [1.54, 1.807) is 12.1 Å². The van der Waals surface area contributed by atoms with E-state index in [4.69, 9.17) is 17.3 Å². The highest BCUT2D eigenvalue weighted by Gasteiger charge is 2.08. The van der Waals surface area contributed by atoms with Gasteiger partial charge in [-0.1, -0.05) is 25.4 Å². The van der Waals surface area contributed by atoms with E-state index < -0.39 is 0 Å². The van der Waals surface area contributed by atoms with Crippen molar-refractivity contribution < 1.29 is 0 Å². The van der Waals surface area contributed by atoms with Crippen molar-refractivity contribution in [3.8, 4) is 0 Å². The van der Waals surface area contributed by atoms with Crippen molar-refractivity contribution in [2.45, 2.75) is 13.8 Å². The maximum Gasteiger partial charge on any atom is 0.153 e. The maximum atomic E-state index is 5.80. The SMILES string of the molecule is CC(C)CN(C)c1nc(Cl)ccc1N. The fraction of sp³-hybridized carbons (Fsp3) is 0.500. The third-order valence-electron chi connectivity index (χ3n) is 1.87. The largest absolute Gasteiger partial charge is 0.396 e. The molecule has 0 bridgehead atoms. The number of rotatable bonds is 3. The van der Waals surface area contributed by atoms with Crippen molar-refractivity contribution in [2.75, 3.05) is 24.2 Å². The van der Waals surface area contributed by atoms with Gasteiger partial charge in [0, 0.05) is 13.6 Å². The van der Waals surface area contributed by atoms with Crippen LogP contribution in [0, 0.1) is 5.92 Å². The Hall–Kier alpha value is -0.960. The summed E-state index contributed by atoms with van der Waals surface area (Å²) in [6, 6.07) is 3.48. The highest BCUT2D eigenvalue weighted by atomic mass is 35.5. The summed E-state index contributed by atoms with van der Waals surface area (Å²) in [4.78, 5) is 6.21. The van der Waals surface area contributed by atoms with Gasteiger partial charge in [0.1, 0.15) is 5.15 Å². The van der Waals surface area contributed by atoms with Crippen molar-refractivity contribution in [3.05, 3.63) is 17.3 Å². The van der Waals surface area contributed by atoms with Gasteiger partial charge in [0.15, 0.2) is 5.82 Å². The molecule has 0 amide bonds. The van der Waals surface area contributed by atoms with E-state index in [0.29, 0.717) is 16.8 Å². The Morgan fingerprint density at radius 2 is 2.14 bits per heavy atom. The fourth-order valence-electron chi connectivity index (χ4n) is 1.38. The van der Waals surface area contributed by atoms with E-state index in [1.807, 2.05) is 11.9 Å². The second kappa shape index (κ2) is 4.51. The number of nitrogens with zero attached hydrogens (tertiary/aromatic N) is 2. The topological polar surface area (TPSA) is 42.2 Å². The molecule has 78 valence electrons. The lowest BCUT2D eigenvalue weighted by Crippen LogP contribution is -2.24. The first-order valence-electron chi connectivity index (χ1n) is 4.64. The van der Waals surface area contributed by atoms with E-state index >= 15 is 0 Å². The minimum atomic E-state index is 0.477. The molecular weight excluding hydrogens is 198 g/mol. The second-order valence-corrected chi connectivity index (χ2v) is 4.21. The van der Waals surface area contributed by atoms with Crippen LogP contribution in [0.2, 0.25) is 5.15 Å². The summed E-state index contributed by atoms with van der Waals surface area (Å²) in [7, 11) is 1.97. The average molecular weight is 214 g/mol. The zero-order valence-corrected chi connectivity index (χ0v) is 9.54. The van der Waals surface area contributed by atoms with Crippen LogP contribution in [-0.2, 0) is 0 Å².